The van der Waals surface area contributed by atoms with Gasteiger partial charge >= 0.3 is 0 Å². The van der Waals surface area contributed by atoms with Crippen molar-refractivity contribution in [3.63, 3.8) is 0 Å². The SMILES string of the molecule is CC(Sc1ncc(-c2ccccc2)[nH]1)C(=O)NC(C)c1ccccc1. The highest BCUT2D eigenvalue weighted by Gasteiger charge is 2.18. The molecule has 3 aromatic rings. The van der Waals surface area contributed by atoms with Crippen molar-refractivity contribution in [1.29, 1.82) is 0 Å². The number of amides is 1. The Morgan fingerprint density at radius 3 is 2.36 bits per heavy atom. The highest BCUT2D eigenvalue weighted by Crippen LogP contribution is 2.25. The van der Waals surface area contributed by atoms with E-state index >= 15 is 0 Å². The van der Waals surface area contributed by atoms with Gasteiger partial charge in [-0.3, -0.25) is 4.79 Å². The lowest BCUT2D eigenvalue weighted by molar-refractivity contribution is -0.120. The minimum absolute atomic E-state index is 0.000913. The lowest BCUT2D eigenvalue weighted by Gasteiger charge is -2.17. The van der Waals surface area contributed by atoms with E-state index in [0.29, 0.717) is 0 Å². The maximum Gasteiger partial charge on any atom is 0.233 e. The number of imidazole rings is 1. The van der Waals surface area contributed by atoms with Gasteiger partial charge in [0, 0.05) is 0 Å². The molecule has 128 valence electrons. The van der Waals surface area contributed by atoms with E-state index in [4.69, 9.17) is 0 Å². The number of aromatic nitrogens is 2. The fourth-order valence-electron chi connectivity index (χ4n) is 2.50. The first-order valence-corrected chi connectivity index (χ1v) is 9.14. The molecule has 0 aliphatic carbocycles. The molecule has 1 amide bonds. The molecule has 2 N–H and O–H groups in total. The summed E-state index contributed by atoms with van der Waals surface area (Å²) in [5, 5.41) is 3.56. The summed E-state index contributed by atoms with van der Waals surface area (Å²) in [4.78, 5) is 20.1. The van der Waals surface area contributed by atoms with Gasteiger partial charge in [-0.05, 0) is 25.0 Å². The number of hydrogen-bond acceptors (Lipinski definition) is 3. The van der Waals surface area contributed by atoms with Crippen LogP contribution in [0.15, 0.2) is 72.0 Å². The predicted molar refractivity (Wildman–Crippen MR) is 102 cm³/mol. The van der Waals surface area contributed by atoms with Gasteiger partial charge in [0.15, 0.2) is 5.16 Å². The quantitative estimate of drug-likeness (QED) is 0.646. The van der Waals surface area contributed by atoms with E-state index in [2.05, 4.69) is 15.3 Å². The van der Waals surface area contributed by atoms with Crippen molar-refractivity contribution >= 4 is 17.7 Å². The van der Waals surface area contributed by atoms with Crippen molar-refractivity contribution in [2.45, 2.75) is 30.3 Å². The molecule has 0 aliphatic heterocycles. The zero-order valence-electron chi connectivity index (χ0n) is 14.3. The van der Waals surface area contributed by atoms with Crippen LogP contribution in [0.2, 0.25) is 0 Å². The smallest absolute Gasteiger partial charge is 0.233 e. The number of hydrogen-bond donors (Lipinski definition) is 2. The number of carbonyl (C=O) groups excluding carboxylic acids is 1. The molecule has 25 heavy (non-hydrogen) atoms. The molecule has 1 aromatic heterocycles. The van der Waals surface area contributed by atoms with Gasteiger partial charge in [0.2, 0.25) is 5.91 Å². The highest BCUT2D eigenvalue weighted by molar-refractivity contribution is 8.00. The van der Waals surface area contributed by atoms with E-state index in [1.807, 2.05) is 74.5 Å². The van der Waals surface area contributed by atoms with Crippen molar-refractivity contribution in [2.24, 2.45) is 0 Å². The van der Waals surface area contributed by atoms with Crippen LogP contribution >= 0.6 is 11.8 Å². The summed E-state index contributed by atoms with van der Waals surface area (Å²) in [6, 6.07) is 20.0. The molecule has 5 heteroatoms. The number of nitrogens with one attached hydrogen (secondary N) is 2. The number of aromatic amines is 1. The van der Waals surface area contributed by atoms with E-state index < -0.39 is 0 Å². The Morgan fingerprint density at radius 1 is 1.04 bits per heavy atom. The second kappa shape index (κ2) is 8.03. The van der Waals surface area contributed by atoms with Gasteiger partial charge in [-0.25, -0.2) is 4.98 Å². The number of carbonyl (C=O) groups is 1. The monoisotopic (exact) mass is 351 g/mol. The first kappa shape index (κ1) is 17.3. The molecule has 0 saturated heterocycles. The second-order valence-electron chi connectivity index (χ2n) is 5.87. The Morgan fingerprint density at radius 2 is 1.68 bits per heavy atom. The van der Waals surface area contributed by atoms with Gasteiger partial charge < -0.3 is 10.3 Å². The van der Waals surface area contributed by atoms with E-state index in [1.165, 1.54) is 11.8 Å². The van der Waals surface area contributed by atoms with Crippen LogP contribution in [0.1, 0.15) is 25.5 Å². The first-order chi connectivity index (χ1) is 12.1. The van der Waals surface area contributed by atoms with Crippen LogP contribution in [0, 0.1) is 0 Å². The Kier molecular flexibility index (Phi) is 5.56. The molecule has 2 atom stereocenters. The number of rotatable bonds is 6. The summed E-state index contributed by atoms with van der Waals surface area (Å²) >= 11 is 1.43. The molecule has 0 radical (unpaired) electrons. The van der Waals surface area contributed by atoms with E-state index in [9.17, 15) is 4.79 Å². The molecule has 2 unspecified atom stereocenters. The molecular formula is C20H21N3OS. The van der Waals surface area contributed by atoms with Gasteiger partial charge in [0.05, 0.1) is 23.2 Å². The van der Waals surface area contributed by atoms with Crippen LogP contribution in [0.3, 0.4) is 0 Å². The topological polar surface area (TPSA) is 57.8 Å². The maximum absolute atomic E-state index is 12.4. The normalized spacial score (nSPS) is 13.2. The van der Waals surface area contributed by atoms with Crippen molar-refractivity contribution in [1.82, 2.24) is 15.3 Å². The molecule has 0 bridgehead atoms. The number of thioether (sulfide) groups is 1. The van der Waals surface area contributed by atoms with Gasteiger partial charge in [0.1, 0.15) is 0 Å². The molecule has 2 aromatic carbocycles. The number of benzene rings is 2. The van der Waals surface area contributed by atoms with Crippen LogP contribution in [0.5, 0.6) is 0 Å². The van der Waals surface area contributed by atoms with Crippen molar-refractivity contribution in [2.75, 3.05) is 0 Å². The van der Waals surface area contributed by atoms with E-state index in [0.717, 1.165) is 22.0 Å². The maximum atomic E-state index is 12.4. The van der Waals surface area contributed by atoms with Crippen molar-refractivity contribution < 1.29 is 4.79 Å². The molecule has 0 aliphatic rings. The lowest BCUT2D eigenvalue weighted by atomic mass is 10.1. The molecule has 0 fully saturated rings. The molecular weight excluding hydrogens is 330 g/mol. The lowest BCUT2D eigenvalue weighted by Crippen LogP contribution is -2.33. The number of H-pyrrole nitrogens is 1. The third-order valence-electron chi connectivity index (χ3n) is 3.95. The van der Waals surface area contributed by atoms with Gasteiger partial charge in [-0.2, -0.15) is 0 Å². The molecule has 0 saturated carbocycles. The minimum Gasteiger partial charge on any atom is -0.349 e. The summed E-state index contributed by atoms with van der Waals surface area (Å²) in [6.07, 6.45) is 1.80. The third-order valence-corrected chi connectivity index (χ3v) is 4.95. The summed E-state index contributed by atoms with van der Waals surface area (Å²) in [5.74, 6) is -0.000913. The minimum atomic E-state index is -0.235. The summed E-state index contributed by atoms with van der Waals surface area (Å²) in [5.41, 5.74) is 3.13. The van der Waals surface area contributed by atoms with Gasteiger partial charge in [-0.1, -0.05) is 72.4 Å². The summed E-state index contributed by atoms with van der Waals surface area (Å²) in [6.45, 7) is 3.88. The van der Waals surface area contributed by atoms with Crippen molar-refractivity contribution in [3.8, 4) is 11.3 Å². The fraction of sp³-hybridized carbons (Fsp3) is 0.200. The highest BCUT2D eigenvalue weighted by atomic mass is 32.2. The third kappa shape index (κ3) is 4.51. The van der Waals surface area contributed by atoms with Crippen LogP contribution in [0.25, 0.3) is 11.3 Å². The van der Waals surface area contributed by atoms with Crippen LogP contribution < -0.4 is 5.32 Å². The van der Waals surface area contributed by atoms with Crippen LogP contribution in [-0.4, -0.2) is 21.1 Å². The van der Waals surface area contributed by atoms with Gasteiger partial charge in [-0.15, -0.1) is 0 Å². The number of nitrogens with zero attached hydrogens (tertiary/aromatic N) is 1. The van der Waals surface area contributed by atoms with Crippen molar-refractivity contribution in [3.05, 3.63) is 72.4 Å². The standard InChI is InChI=1S/C20H21N3OS/c1-14(16-9-5-3-6-10-16)22-19(24)15(2)25-20-21-13-18(23-20)17-11-7-4-8-12-17/h3-15H,1-2H3,(H,21,23)(H,22,24). The Labute approximate surface area is 152 Å². The largest absolute Gasteiger partial charge is 0.349 e. The Balaban J connectivity index is 1.59. The zero-order valence-corrected chi connectivity index (χ0v) is 15.1. The van der Waals surface area contributed by atoms with Crippen LogP contribution in [-0.2, 0) is 4.79 Å². The first-order valence-electron chi connectivity index (χ1n) is 8.26. The average molecular weight is 351 g/mol. The summed E-state index contributed by atoms with van der Waals surface area (Å²) in [7, 11) is 0. The fourth-order valence-corrected chi connectivity index (χ4v) is 3.30. The second-order valence-corrected chi connectivity index (χ2v) is 7.20. The molecule has 4 nitrogen and oxygen atoms in total. The predicted octanol–water partition coefficient (Wildman–Crippen LogP) is 4.43. The van der Waals surface area contributed by atoms with E-state index in [-0.39, 0.29) is 17.2 Å². The summed E-state index contributed by atoms with van der Waals surface area (Å²) < 4.78 is 0. The molecule has 1 heterocycles. The Hall–Kier alpha value is -2.53. The molecule has 3 rings (SSSR count). The Bertz CT molecular complexity index is 817. The zero-order chi connectivity index (χ0) is 17.6. The average Bonchev–Trinajstić information content (AvgIpc) is 3.11. The van der Waals surface area contributed by atoms with Crippen LogP contribution in [0.4, 0.5) is 0 Å². The van der Waals surface area contributed by atoms with E-state index in [1.54, 1.807) is 6.20 Å². The molecule has 0 spiro atoms. The van der Waals surface area contributed by atoms with Gasteiger partial charge in [0.25, 0.3) is 0 Å².